The molecule has 0 N–H and O–H groups in total. The molecule has 0 radical (unpaired) electrons. The second-order valence-corrected chi connectivity index (χ2v) is 7.09. The number of ether oxygens (including phenoxy) is 1. The van der Waals surface area contributed by atoms with Crippen LogP contribution in [0, 0.1) is 13.8 Å². The topological polar surface area (TPSA) is 73.1 Å². The van der Waals surface area contributed by atoms with Gasteiger partial charge in [0.05, 0.1) is 30.2 Å². The number of hydrogen-bond acceptors (Lipinski definition) is 5. The van der Waals surface area contributed by atoms with E-state index in [0.717, 1.165) is 24.1 Å². The summed E-state index contributed by atoms with van der Waals surface area (Å²) >= 11 is 0. The van der Waals surface area contributed by atoms with Crippen molar-refractivity contribution in [3.8, 4) is 11.6 Å². The van der Waals surface area contributed by atoms with Crippen LogP contribution in [-0.2, 0) is 0 Å². The molecule has 4 rings (SSSR count). The highest BCUT2D eigenvalue weighted by Gasteiger charge is 2.28. The Morgan fingerprint density at radius 1 is 1.14 bits per heavy atom. The van der Waals surface area contributed by atoms with E-state index in [1.165, 1.54) is 4.80 Å². The van der Waals surface area contributed by atoms with E-state index in [1.807, 2.05) is 55.1 Å². The lowest BCUT2D eigenvalue weighted by atomic mass is 10.0. The van der Waals surface area contributed by atoms with Gasteiger partial charge in [0.1, 0.15) is 6.10 Å². The molecule has 1 aliphatic rings. The lowest BCUT2D eigenvalue weighted by molar-refractivity contribution is 0.0527. The Hall–Kier alpha value is -3.22. The zero-order valence-electron chi connectivity index (χ0n) is 16.1. The van der Waals surface area contributed by atoms with Crippen LogP contribution < -0.4 is 4.74 Å². The largest absolute Gasteiger partial charge is 0.472 e. The van der Waals surface area contributed by atoms with Gasteiger partial charge in [-0.3, -0.25) is 4.79 Å². The minimum atomic E-state index is -0.0666. The second-order valence-electron chi connectivity index (χ2n) is 7.09. The van der Waals surface area contributed by atoms with Crippen molar-refractivity contribution < 1.29 is 9.53 Å². The maximum absolute atomic E-state index is 13.3. The van der Waals surface area contributed by atoms with Crippen LogP contribution in [0.25, 0.3) is 5.69 Å². The minimum Gasteiger partial charge on any atom is -0.472 e. The Bertz CT molecular complexity index is 971. The number of piperidine rings is 1. The van der Waals surface area contributed by atoms with Crippen molar-refractivity contribution in [2.45, 2.75) is 32.8 Å². The van der Waals surface area contributed by atoms with E-state index in [0.29, 0.717) is 30.2 Å². The summed E-state index contributed by atoms with van der Waals surface area (Å²) in [5.41, 5.74) is 3.22. The van der Waals surface area contributed by atoms with Crippen LogP contribution in [-0.4, -0.2) is 50.0 Å². The average Bonchev–Trinajstić information content (AvgIpc) is 3.22. The van der Waals surface area contributed by atoms with Crippen molar-refractivity contribution >= 4 is 5.91 Å². The van der Waals surface area contributed by atoms with Crippen LogP contribution in [0.3, 0.4) is 0 Å². The molecule has 7 nitrogen and oxygen atoms in total. The van der Waals surface area contributed by atoms with E-state index in [-0.39, 0.29) is 12.0 Å². The fourth-order valence-electron chi connectivity index (χ4n) is 3.48. The average molecular weight is 377 g/mol. The summed E-state index contributed by atoms with van der Waals surface area (Å²) in [6.45, 7) is 5.16. The molecule has 7 heteroatoms. The number of carbonyl (C=O) groups excluding carboxylic acids is 1. The van der Waals surface area contributed by atoms with Gasteiger partial charge in [-0.2, -0.15) is 15.0 Å². The molecule has 1 aliphatic heterocycles. The van der Waals surface area contributed by atoms with Crippen molar-refractivity contribution in [3.05, 3.63) is 65.6 Å². The number of benzene rings is 1. The normalized spacial score (nSPS) is 16.8. The third-order valence-corrected chi connectivity index (χ3v) is 4.83. The number of hydrogen-bond donors (Lipinski definition) is 0. The molecule has 2 aromatic heterocycles. The van der Waals surface area contributed by atoms with Crippen LogP contribution in [0.15, 0.2) is 48.8 Å². The maximum Gasteiger partial charge on any atom is 0.256 e. The predicted molar refractivity (Wildman–Crippen MR) is 105 cm³/mol. The van der Waals surface area contributed by atoms with Crippen LogP contribution in [0.5, 0.6) is 5.88 Å². The Labute approximate surface area is 164 Å². The molecule has 1 fully saturated rings. The first kappa shape index (κ1) is 18.2. The van der Waals surface area contributed by atoms with Gasteiger partial charge in [0.25, 0.3) is 5.91 Å². The van der Waals surface area contributed by atoms with Crippen molar-refractivity contribution in [2.24, 2.45) is 0 Å². The molecule has 1 saturated heterocycles. The molecule has 0 unspecified atom stereocenters. The van der Waals surface area contributed by atoms with E-state index < -0.39 is 0 Å². The summed E-state index contributed by atoms with van der Waals surface area (Å²) in [6.07, 6.45) is 4.94. The summed E-state index contributed by atoms with van der Waals surface area (Å²) < 4.78 is 6.04. The Balaban J connectivity index is 1.54. The van der Waals surface area contributed by atoms with Crippen molar-refractivity contribution in [2.75, 3.05) is 13.1 Å². The zero-order valence-corrected chi connectivity index (χ0v) is 16.1. The van der Waals surface area contributed by atoms with Crippen molar-refractivity contribution in [3.63, 3.8) is 0 Å². The molecule has 3 heterocycles. The van der Waals surface area contributed by atoms with E-state index in [9.17, 15) is 4.79 Å². The van der Waals surface area contributed by atoms with Gasteiger partial charge in [-0.1, -0.05) is 17.7 Å². The highest BCUT2D eigenvalue weighted by Crippen LogP contribution is 2.22. The summed E-state index contributed by atoms with van der Waals surface area (Å²) in [5, 5.41) is 8.37. The van der Waals surface area contributed by atoms with Crippen LogP contribution >= 0.6 is 0 Å². The molecule has 0 saturated carbocycles. The van der Waals surface area contributed by atoms with Crippen LogP contribution in [0.2, 0.25) is 0 Å². The quantitative estimate of drug-likeness (QED) is 0.699. The Kier molecular flexibility index (Phi) is 5.06. The number of nitrogens with zero attached hydrogens (tertiary/aromatic N) is 5. The molecule has 0 aliphatic carbocycles. The monoisotopic (exact) mass is 377 g/mol. The van der Waals surface area contributed by atoms with E-state index >= 15 is 0 Å². The van der Waals surface area contributed by atoms with Crippen molar-refractivity contribution in [1.82, 2.24) is 24.9 Å². The van der Waals surface area contributed by atoms with Gasteiger partial charge in [0.2, 0.25) is 5.88 Å². The summed E-state index contributed by atoms with van der Waals surface area (Å²) in [4.78, 5) is 21.1. The van der Waals surface area contributed by atoms with Crippen LogP contribution in [0.1, 0.15) is 34.5 Å². The van der Waals surface area contributed by atoms with E-state index in [1.54, 1.807) is 12.4 Å². The van der Waals surface area contributed by atoms with Gasteiger partial charge in [-0.15, -0.1) is 0 Å². The Morgan fingerprint density at radius 2 is 1.96 bits per heavy atom. The fourth-order valence-corrected chi connectivity index (χ4v) is 3.48. The third kappa shape index (κ3) is 3.88. The molecule has 1 aromatic carbocycles. The molecule has 144 valence electrons. The second kappa shape index (κ2) is 7.80. The minimum absolute atomic E-state index is 0.0264. The molecule has 0 bridgehead atoms. The maximum atomic E-state index is 13.3. The SMILES string of the molecule is Cc1ccc(-n2nccn2)c(C(=O)N2CCC[C@@H](Oc3cccc(C)n3)C2)c1. The first-order chi connectivity index (χ1) is 13.6. The van der Waals surface area contributed by atoms with Gasteiger partial charge in [-0.25, -0.2) is 4.98 Å². The van der Waals surface area contributed by atoms with Gasteiger partial charge in [0.15, 0.2) is 0 Å². The molecular weight excluding hydrogens is 354 g/mol. The summed E-state index contributed by atoms with van der Waals surface area (Å²) in [6, 6.07) is 11.5. The molecule has 1 amide bonds. The Morgan fingerprint density at radius 3 is 2.75 bits per heavy atom. The smallest absolute Gasteiger partial charge is 0.256 e. The highest BCUT2D eigenvalue weighted by molar-refractivity contribution is 5.98. The zero-order chi connectivity index (χ0) is 19.5. The first-order valence-corrected chi connectivity index (χ1v) is 9.47. The number of aromatic nitrogens is 4. The number of likely N-dealkylation sites (tertiary alicyclic amines) is 1. The number of pyridine rings is 1. The number of carbonyl (C=O) groups is 1. The first-order valence-electron chi connectivity index (χ1n) is 9.47. The van der Waals surface area contributed by atoms with Crippen molar-refractivity contribution in [1.29, 1.82) is 0 Å². The van der Waals surface area contributed by atoms with Gasteiger partial charge in [-0.05, 0) is 44.9 Å². The van der Waals surface area contributed by atoms with Gasteiger partial charge >= 0.3 is 0 Å². The lowest BCUT2D eigenvalue weighted by Gasteiger charge is -2.33. The van der Waals surface area contributed by atoms with Gasteiger partial charge in [0, 0.05) is 18.3 Å². The van der Waals surface area contributed by atoms with E-state index in [2.05, 4.69) is 15.2 Å². The molecule has 1 atom stereocenters. The third-order valence-electron chi connectivity index (χ3n) is 4.83. The molecular formula is C21H23N5O2. The molecule has 3 aromatic rings. The molecule has 28 heavy (non-hydrogen) atoms. The van der Waals surface area contributed by atoms with E-state index in [4.69, 9.17) is 4.74 Å². The number of rotatable bonds is 4. The predicted octanol–water partition coefficient (Wildman–Crippen LogP) is 2.96. The summed E-state index contributed by atoms with van der Waals surface area (Å²) in [5.74, 6) is 0.581. The molecule has 0 spiro atoms. The highest BCUT2D eigenvalue weighted by atomic mass is 16.5. The lowest BCUT2D eigenvalue weighted by Crippen LogP contribution is -2.44. The summed E-state index contributed by atoms with van der Waals surface area (Å²) in [7, 11) is 0. The van der Waals surface area contributed by atoms with Crippen LogP contribution in [0.4, 0.5) is 0 Å². The number of amides is 1. The standard InChI is InChI=1S/C21H23N5O2/c1-15-8-9-19(26-22-10-11-23-26)18(13-15)21(27)25-12-4-6-17(14-25)28-20-7-3-5-16(2)24-20/h3,5,7-11,13,17H,4,6,12,14H2,1-2H3/t17-/m1/s1. The fraction of sp³-hybridized carbons (Fsp3) is 0.333. The number of aryl methyl sites for hydroxylation is 2. The van der Waals surface area contributed by atoms with Gasteiger partial charge < -0.3 is 9.64 Å².